The molecule has 6 nitrogen and oxygen atoms in total. The number of hydrogen-bond donors (Lipinski definition) is 1. The summed E-state index contributed by atoms with van der Waals surface area (Å²) < 4.78 is 3.84. The van der Waals surface area contributed by atoms with Gasteiger partial charge in [0.25, 0.3) is 0 Å². The van der Waals surface area contributed by atoms with Gasteiger partial charge < -0.3 is 14.5 Å². The summed E-state index contributed by atoms with van der Waals surface area (Å²) in [5.41, 5.74) is 2.99. The molecule has 0 aromatic carbocycles. The largest absolute Gasteiger partial charge is 0.340 e. The van der Waals surface area contributed by atoms with Gasteiger partial charge in [-0.15, -0.1) is 10.2 Å². The maximum Gasteiger partial charge on any atom is 0.133 e. The minimum atomic E-state index is 0.697. The lowest BCUT2D eigenvalue weighted by Gasteiger charge is -2.05. The fourth-order valence-electron chi connectivity index (χ4n) is 2.01. The first-order chi connectivity index (χ1) is 9.13. The van der Waals surface area contributed by atoms with Crippen LogP contribution in [-0.4, -0.2) is 25.9 Å². The summed E-state index contributed by atoms with van der Waals surface area (Å²) in [7, 11) is 3.85. The van der Waals surface area contributed by atoms with Crippen LogP contribution in [0, 0.1) is 18.3 Å². The van der Waals surface area contributed by atoms with Crippen LogP contribution in [0.5, 0.6) is 0 Å². The van der Waals surface area contributed by atoms with Gasteiger partial charge in [0, 0.05) is 39.3 Å². The van der Waals surface area contributed by atoms with Gasteiger partial charge in [0.1, 0.15) is 23.9 Å². The third kappa shape index (κ3) is 2.83. The zero-order valence-electron chi connectivity index (χ0n) is 11.5. The molecule has 0 aliphatic carbocycles. The molecule has 0 saturated carbocycles. The first-order valence-corrected chi connectivity index (χ1v) is 6.22. The second-order valence-electron chi connectivity index (χ2n) is 4.60. The van der Waals surface area contributed by atoms with E-state index >= 15 is 0 Å². The molecule has 2 aromatic heterocycles. The number of nitriles is 1. The van der Waals surface area contributed by atoms with Gasteiger partial charge in [-0.3, -0.25) is 0 Å². The van der Waals surface area contributed by atoms with Crippen LogP contribution in [0.15, 0.2) is 12.4 Å². The zero-order valence-corrected chi connectivity index (χ0v) is 11.5. The van der Waals surface area contributed by atoms with Crippen LogP contribution in [0.25, 0.3) is 0 Å². The summed E-state index contributed by atoms with van der Waals surface area (Å²) in [5.74, 6) is 0.968. The third-order valence-electron chi connectivity index (χ3n) is 3.40. The molecule has 2 heterocycles. The average molecular weight is 258 g/mol. The molecule has 6 heteroatoms. The molecule has 0 radical (unpaired) electrons. The van der Waals surface area contributed by atoms with Crippen molar-refractivity contribution in [3.63, 3.8) is 0 Å². The van der Waals surface area contributed by atoms with Gasteiger partial charge in [0.2, 0.25) is 0 Å². The van der Waals surface area contributed by atoms with Crippen LogP contribution >= 0.6 is 0 Å². The van der Waals surface area contributed by atoms with Crippen LogP contribution in [-0.2, 0) is 27.1 Å². The van der Waals surface area contributed by atoms with Crippen LogP contribution in [0.1, 0.15) is 22.8 Å². The van der Waals surface area contributed by atoms with Crippen molar-refractivity contribution in [2.45, 2.75) is 19.9 Å². The Labute approximate surface area is 112 Å². The molecule has 2 rings (SSSR count). The van der Waals surface area contributed by atoms with Gasteiger partial charge in [-0.1, -0.05) is 0 Å². The van der Waals surface area contributed by atoms with Crippen molar-refractivity contribution in [2.24, 2.45) is 14.1 Å². The normalized spacial score (nSPS) is 10.6. The third-order valence-corrected chi connectivity index (χ3v) is 3.40. The predicted octanol–water partition coefficient (Wildman–Crippen LogP) is 0.666. The molecule has 2 aromatic rings. The van der Waals surface area contributed by atoms with Gasteiger partial charge >= 0.3 is 0 Å². The zero-order chi connectivity index (χ0) is 13.8. The van der Waals surface area contributed by atoms with Crippen molar-refractivity contribution in [2.75, 3.05) is 6.54 Å². The lowest BCUT2D eigenvalue weighted by atomic mass is 10.2. The van der Waals surface area contributed by atoms with E-state index in [-0.39, 0.29) is 0 Å². The number of nitrogens with one attached hydrogen (secondary N) is 1. The summed E-state index contributed by atoms with van der Waals surface area (Å²) >= 11 is 0. The summed E-state index contributed by atoms with van der Waals surface area (Å²) in [6.45, 7) is 3.63. The van der Waals surface area contributed by atoms with Crippen molar-refractivity contribution in [1.29, 1.82) is 5.26 Å². The number of hydrogen-bond acceptors (Lipinski definition) is 4. The summed E-state index contributed by atoms with van der Waals surface area (Å²) in [6.07, 6.45) is 2.55. The Hall–Kier alpha value is -2.13. The van der Waals surface area contributed by atoms with E-state index in [0.29, 0.717) is 5.69 Å². The van der Waals surface area contributed by atoms with Crippen LogP contribution < -0.4 is 5.32 Å². The number of aryl methyl sites for hydroxylation is 1. The highest BCUT2D eigenvalue weighted by Gasteiger charge is 2.08. The average Bonchev–Trinajstić information content (AvgIpc) is 2.92. The van der Waals surface area contributed by atoms with Crippen molar-refractivity contribution in [1.82, 2.24) is 24.6 Å². The molecule has 19 heavy (non-hydrogen) atoms. The maximum absolute atomic E-state index is 8.97. The molecule has 0 atom stereocenters. The number of aromatic nitrogens is 4. The Morgan fingerprint density at radius 1 is 1.42 bits per heavy atom. The van der Waals surface area contributed by atoms with Crippen LogP contribution in [0.2, 0.25) is 0 Å². The highest BCUT2D eigenvalue weighted by Crippen LogP contribution is 2.12. The fourth-order valence-corrected chi connectivity index (χ4v) is 2.01. The van der Waals surface area contributed by atoms with E-state index in [0.717, 1.165) is 36.6 Å². The first kappa shape index (κ1) is 13.3. The summed E-state index contributed by atoms with van der Waals surface area (Å²) in [4.78, 5) is 0. The van der Waals surface area contributed by atoms with Crippen molar-refractivity contribution >= 4 is 0 Å². The molecule has 0 amide bonds. The van der Waals surface area contributed by atoms with Crippen LogP contribution in [0.3, 0.4) is 0 Å². The van der Waals surface area contributed by atoms with Crippen LogP contribution in [0.4, 0.5) is 0 Å². The predicted molar refractivity (Wildman–Crippen MR) is 71.3 cm³/mol. The van der Waals surface area contributed by atoms with E-state index in [1.165, 1.54) is 0 Å². The smallest absolute Gasteiger partial charge is 0.133 e. The maximum atomic E-state index is 8.97. The van der Waals surface area contributed by atoms with Gasteiger partial charge in [-0.2, -0.15) is 5.26 Å². The second kappa shape index (κ2) is 5.67. The number of nitrogens with zero attached hydrogens (tertiary/aromatic N) is 5. The first-order valence-electron chi connectivity index (χ1n) is 6.22. The van der Waals surface area contributed by atoms with E-state index in [1.807, 2.05) is 36.2 Å². The molecular formula is C13H18N6. The number of rotatable bonds is 5. The fraction of sp³-hybridized carbons (Fsp3) is 0.462. The minimum absolute atomic E-state index is 0.697. The Bertz CT molecular complexity index is 601. The molecule has 0 fully saturated rings. The van der Waals surface area contributed by atoms with Gasteiger partial charge in [0.05, 0.1) is 0 Å². The summed E-state index contributed by atoms with van der Waals surface area (Å²) in [5, 5.41) is 20.2. The monoisotopic (exact) mass is 258 g/mol. The van der Waals surface area contributed by atoms with E-state index in [9.17, 15) is 0 Å². The Morgan fingerprint density at radius 2 is 2.21 bits per heavy atom. The molecule has 0 bridgehead atoms. The SMILES string of the molecule is Cc1c(CNCCc2nncn2C)cc(C#N)n1C. The molecule has 0 aliphatic rings. The van der Waals surface area contributed by atoms with Crippen molar-refractivity contribution in [3.05, 3.63) is 35.2 Å². The van der Waals surface area contributed by atoms with Gasteiger partial charge in [0.15, 0.2) is 0 Å². The molecule has 0 saturated heterocycles. The minimum Gasteiger partial charge on any atom is -0.340 e. The Balaban J connectivity index is 1.87. The highest BCUT2D eigenvalue weighted by atomic mass is 15.2. The highest BCUT2D eigenvalue weighted by molar-refractivity contribution is 5.33. The van der Waals surface area contributed by atoms with Crippen molar-refractivity contribution in [3.8, 4) is 6.07 Å². The van der Waals surface area contributed by atoms with E-state index in [1.54, 1.807) is 6.33 Å². The molecule has 1 N–H and O–H groups in total. The quantitative estimate of drug-likeness (QED) is 0.800. The second-order valence-corrected chi connectivity index (χ2v) is 4.60. The topological polar surface area (TPSA) is 71.5 Å². The standard InChI is InChI=1S/C13H18N6/c1-10-11(6-12(7-14)19(10)3)8-15-5-4-13-17-16-9-18(13)2/h6,9,15H,4-5,8H2,1-3H3. The molecule has 100 valence electrons. The van der Waals surface area contributed by atoms with Gasteiger partial charge in [-0.05, 0) is 18.6 Å². The molecule has 0 aliphatic heterocycles. The molecule has 0 unspecified atom stereocenters. The molecular weight excluding hydrogens is 240 g/mol. The lowest BCUT2D eigenvalue weighted by Crippen LogP contribution is -2.18. The van der Waals surface area contributed by atoms with E-state index in [4.69, 9.17) is 5.26 Å². The van der Waals surface area contributed by atoms with Gasteiger partial charge in [-0.25, -0.2) is 0 Å². The Morgan fingerprint density at radius 3 is 2.79 bits per heavy atom. The van der Waals surface area contributed by atoms with E-state index < -0.39 is 0 Å². The van der Waals surface area contributed by atoms with Crippen molar-refractivity contribution < 1.29 is 0 Å². The summed E-state index contributed by atoms with van der Waals surface area (Å²) in [6, 6.07) is 4.13. The Kier molecular flexibility index (Phi) is 3.97. The lowest BCUT2D eigenvalue weighted by molar-refractivity contribution is 0.650. The molecule has 0 spiro atoms. The van der Waals surface area contributed by atoms with E-state index in [2.05, 4.69) is 21.6 Å².